The molecule has 1 fully saturated rings. The van der Waals surface area contributed by atoms with Crippen LogP contribution in [0.5, 0.6) is 11.5 Å². The number of piperazine rings is 1. The first kappa shape index (κ1) is 24.5. The molecule has 1 aromatic carbocycles. The van der Waals surface area contributed by atoms with E-state index in [1.807, 2.05) is 31.2 Å². The summed E-state index contributed by atoms with van der Waals surface area (Å²) in [5.41, 5.74) is 1.88. The summed E-state index contributed by atoms with van der Waals surface area (Å²) in [6, 6.07) is 7.56. The molecule has 2 aliphatic heterocycles. The molecular weight excluding hydrogens is 474 g/mol. The second-order valence-electron chi connectivity index (χ2n) is 9.23. The van der Waals surface area contributed by atoms with Gasteiger partial charge < -0.3 is 24.6 Å². The fourth-order valence-electron chi connectivity index (χ4n) is 4.67. The van der Waals surface area contributed by atoms with Gasteiger partial charge in [-0.05, 0) is 31.0 Å². The third-order valence-corrected chi connectivity index (χ3v) is 6.55. The second-order valence-corrected chi connectivity index (χ2v) is 9.23. The van der Waals surface area contributed by atoms with Crippen molar-refractivity contribution in [1.82, 2.24) is 29.7 Å². The Morgan fingerprint density at radius 3 is 2.73 bits per heavy atom. The Hall–Kier alpha value is -4.15. The molecule has 1 atom stereocenters. The highest BCUT2D eigenvalue weighted by Crippen LogP contribution is 2.30. The second kappa shape index (κ2) is 10.9. The molecule has 194 valence electrons. The van der Waals surface area contributed by atoms with Crippen LogP contribution in [0.25, 0.3) is 5.95 Å². The fraction of sp³-hybridized carbons (Fsp3) is 0.423. The van der Waals surface area contributed by atoms with Gasteiger partial charge in [-0.25, -0.2) is 9.97 Å². The summed E-state index contributed by atoms with van der Waals surface area (Å²) in [7, 11) is 0. The number of benzene rings is 1. The molecule has 4 heterocycles. The van der Waals surface area contributed by atoms with Gasteiger partial charge in [-0.1, -0.05) is 6.07 Å². The van der Waals surface area contributed by atoms with Crippen molar-refractivity contribution in [1.29, 1.82) is 0 Å². The Bertz CT molecular complexity index is 1260. The van der Waals surface area contributed by atoms with Crippen LogP contribution >= 0.6 is 0 Å². The fourth-order valence-corrected chi connectivity index (χ4v) is 4.67. The number of anilines is 1. The minimum Gasteiger partial charge on any atom is -0.486 e. The number of nitrogens with zero attached hydrogens (tertiary/aromatic N) is 6. The van der Waals surface area contributed by atoms with Gasteiger partial charge in [0.05, 0.1) is 6.04 Å². The Morgan fingerprint density at radius 2 is 1.95 bits per heavy atom. The maximum absolute atomic E-state index is 13.0. The lowest BCUT2D eigenvalue weighted by atomic mass is 10.1. The van der Waals surface area contributed by atoms with Crippen LogP contribution < -0.4 is 19.7 Å². The van der Waals surface area contributed by atoms with Crippen molar-refractivity contribution in [2.24, 2.45) is 0 Å². The first-order valence-electron chi connectivity index (χ1n) is 12.5. The average molecular weight is 506 g/mol. The van der Waals surface area contributed by atoms with Crippen molar-refractivity contribution in [3.05, 3.63) is 54.2 Å². The smallest absolute Gasteiger partial charge is 0.237 e. The average Bonchev–Trinajstić information content (AvgIpc) is 3.43. The SMILES string of the molecule is CC(=O)N1CCN(c2cc(C)nc(-n3ccnc3)n2)C(CC(=O)NCCc2ccc3c(c2)OCCO3)C1. The van der Waals surface area contributed by atoms with Crippen LogP contribution in [0, 0.1) is 6.92 Å². The predicted octanol–water partition coefficient (Wildman–Crippen LogP) is 1.53. The van der Waals surface area contributed by atoms with Crippen molar-refractivity contribution in [3.8, 4) is 17.4 Å². The van der Waals surface area contributed by atoms with Crippen LogP contribution in [-0.2, 0) is 16.0 Å². The van der Waals surface area contributed by atoms with E-state index in [1.165, 1.54) is 0 Å². The maximum Gasteiger partial charge on any atom is 0.237 e. The van der Waals surface area contributed by atoms with Crippen LogP contribution in [0.2, 0.25) is 0 Å². The normalized spacial score (nSPS) is 17.0. The molecule has 0 aliphatic carbocycles. The van der Waals surface area contributed by atoms with Crippen molar-refractivity contribution < 1.29 is 19.1 Å². The van der Waals surface area contributed by atoms with Gasteiger partial charge in [-0.15, -0.1) is 0 Å². The number of nitrogens with one attached hydrogen (secondary N) is 1. The minimum absolute atomic E-state index is 0.00152. The van der Waals surface area contributed by atoms with Crippen molar-refractivity contribution in [2.45, 2.75) is 32.7 Å². The van der Waals surface area contributed by atoms with E-state index >= 15 is 0 Å². The topological polar surface area (TPSA) is 115 Å². The van der Waals surface area contributed by atoms with Gasteiger partial charge in [0.15, 0.2) is 11.5 Å². The van der Waals surface area contributed by atoms with E-state index in [1.54, 1.807) is 35.1 Å². The Balaban J connectivity index is 1.25. The number of aromatic nitrogens is 4. The molecule has 3 aromatic rings. The standard InChI is InChI=1S/C26H31N7O4/c1-18-13-24(30-26(29-18)32-8-7-27-17-32)33-10-9-31(19(2)34)16-21(33)15-25(35)28-6-5-20-3-4-22-23(14-20)37-12-11-36-22/h3-4,7-8,13-14,17,21H,5-6,9-12,15-16H2,1-2H3,(H,28,35). The van der Waals surface area contributed by atoms with E-state index in [-0.39, 0.29) is 24.3 Å². The lowest BCUT2D eigenvalue weighted by molar-refractivity contribution is -0.130. The molecule has 1 unspecified atom stereocenters. The molecule has 2 aliphatic rings. The van der Waals surface area contributed by atoms with E-state index in [0.717, 1.165) is 28.6 Å². The van der Waals surface area contributed by atoms with Gasteiger partial charge >= 0.3 is 0 Å². The molecule has 5 rings (SSSR count). The maximum atomic E-state index is 13.0. The van der Waals surface area contributed by atoms with Gasteiger partial charge in [-0.3, -0.25) is 14.2 Å². The van der Waals surface area contributed by atoms with Crippen LogP contribution in [0.15, 0.2) is 43.0 Å². The van der Waals surface area contributed by atoms with E-state index in [4.69, 9.17) is 14.5 Å². The van der Waals surface area contributed by atoms with Gasteiger partial charge in [0.1, 0.15) is 25.4 Å². The molecule has 37 heavy (non-hydrogen) atoms. The number of hydrogen-bond acceptors (Lipinski definition) is 8. The molecule has 11 nitrogen and oxygen atoms in total. The largest absolute Gasteiger partial charge is 0.486 e. The quantitative estimate of drug-likeness (QED) is 0.514. The molecule has 0 bridgehead atoms. The van der Waals surface area contributed by atoms with Crippen molar-refractivity contribution in [3.63, 3.8) is 0 Å². The molecule has 2 aromatic heterocycles. The number of carbonyl (C=O) groups excluding carboxylic acids is 2. The number of amides is 2. The minimum atomic E-state index is -0.211. The number of hydrogen-bond donors (Lipinski definition) is 1. The van der Waals surface area contributed by atoms with E-state index in [9.17, 15) is 9.59 Å². The van der Waals surface area contributed by atoms with E-state index in [2.05, 4.69) is 20.2 Å². The van der Waals surface area contributed by atoms with Crippen molar-refractivity contribution >= 4 is 17.6 Å². The highest BCUT2D eigenvalue weighted by molar-refractivity contribution is 5.78. The van der Waals surface area contributed by atoms with Gasteiger partial charge in [0.2, 0.25) is 17.8 Å². The monoisotopic (exact) mass is 505 g/mol. The third-order valence-electron chi connectivity index (χ3n) is 6.55. The van der Waals surface area contributed by atoms with Crippen LogP contribution in [0.4, 0.5) is 5.82 Å². The van der Waals surface area contributed by atoms with E-state index < -0.39 is 0 Å². The number of fused-ring (bicyclic) bond motifs is 1. The zero-order valence-corrected chi connectivity index (χ0v) is 21.1. The van der Waals surface area contributed by atoms with Crippen LogP contribution in [0.1, 0.15) is 24.6 Å². The number of aryl methyl sites for hydroxylation is 1. The van der Waals surface area contributed by atoms with E-state index in [0.29, 0.717) is 51.8 Å². The van der Waals surface area contributed by atoms with Crippen molar-refractivity contribution in [2.75, 3.05) is 44.3 Å². The summed E-state index contributed by atoms with van der Waals surface area (Å²) in [6.07, 6.45) is 6.04. The first-order chi connectivity index (χ1) is 18.0. The summed E-state index contributed by atoms with van der Waals surface area (Å²) in [4.78, 5) is 42.3. The van der Waals surface area contributed by atoms with Gasteiger partial charge in [0, 0.05) is 63.7 Å². The zero-order valence-electron chi connectivity index (χ0n) is 21.1. The predicted molar refractivity (Wildman–Crippen MR) is 136 cm³/mol. The Kier molecular flexibility index (Phi) is 7.20. The highest BCUT2D eigenvalue weighted by atomic mass is 16.6. The van der Waals surface area contributed by atoms with Crippen LogP contribution in [0.3, 0.4) is 0 Å². The molecule has 1 N–H and O–H groups in total. The highest BCUT2D eigenvalue weighted by Gasteiger charge is 2.31. The molecule has 1 saturated heterocycles. The molecule has 0 spiro atoms. The molecule has 2 amide bonds. The Labute approximate surface area is 215 Å². The molecule has 0 radical (unpaired) electrons. The number of imidazole rings is 1. The third kappa shape index (κ3) is 5.82. The zero-order chi connectivity index (χ0) is 25.8. The summed E-state index contributed by atoms with van der Waals surface area (Å²) >= 11 is 0. The number of rotatable bonds is 7. The number of carbonyl (C=O) groups is 2. The summed E-state index contributed by atoms with van der Waals surface area (Å²) < 4.78 is 13.0. The lowest BCUT2D eigenvalue weighted by Gasteiger charge is -2.41. The van der Waals surface area contributed by atoms with Crippen LogP contribution in [-0.4, -0.2) is 81.7 Å². The molecule has 11 heteroatoms. The first-order valence-corrected chi connectivity index (χ1v) is 12.5. The molecular formula is C26H31N7O4. The molecule has 0 saturated carbocycles. The summed E-state index contributed by atoms with van der Waals surface area (Å²) in [6.45, 7) is 6.67. The van der Waals surface area contributed by atoms with Gasteiger partial charge in [-0.2, -0.15) is 4.98 Å². The van der Waals surface area contributed by atoms with Gasteiger partial charge in [0.25, 0.3) is 0 Å². The lowest BCUT2D eigenvalue weighted by Crippen LogP contribution is -2.56. The Morgan fingerprint density at radius 1 is 1.11 bits per heavy atom. The summed E-state index contributed by atoms with van der Waals surface area (Å²) in [5.74, 6) is 2.67. The number of ether oxygens (including phenoxy) is 2. The summed E-state index contributed by atoms with van der Waals surface area (Å²) in [5, 5.41) is 3.03.